The van der Waals surface area contributed by atoms with Gasteiger partial charge in [-0.3, -0.25) is 9.78 Å². The fraction of sp³-hybridized carbons (Fsp3) is 0.158. The third kappa shape index (κ3) is 2.57. The first-order chi connectivity index (χ1) is 10.2. The third-order valence-corrected chi connectivity index (χ3v) is 4.00. The van der Waals surface area contributed by atoms with Gasteiger partial charge in [0, 0.05) is 23.6 Å². The second-order valence-electron chi connectivity index (χ2n) is 5.33. The molecule has 0 saturated heterocycles. The molecule has 2 heteroatoms. The van der Waals surface area contributed by atoms with Crippen molar-refractivity contribution in [3.05, 3.63) is 77.0 Å². The van der Waals surface area contributed by atoms with Crippen LogP contribution in [0.3, 0.4) is 0 Å². The second kappa shape index (κ2) is 5.49. The molecule has 0 radical (unpaired) electrons. The normalized spacial score (nSPS) is 10.8. The highest BCUT2D eigenvalue weighted by Gasteiger charge is 2.12. The first-order valence-electron chi connectivity index (χ1n) is 7.09. The molecule has 0 bridgehead atoms. The number of fused-ring (bicyclic) bond motifs is 1. The molecule has 104 valence electrons. The van der Waals surface area contributed by atoms with Crippen LogP contribution in [-0.2, 0) is 6.42 Å². The summed E-state index contributed by atoms with van der Waals surface area (Å²) in [5.41, 5.74) is 5.01. The predicted molar refractivity (Wildman–Crippen MR) is 85.7 cm³/mol. The molecule has 21 heavy (non-hydrogen) atoms. The zero-order chi connectivity index (χ0) is 14.8. The van der Waals surface area contributed by atoms with Crippen molar-refractivity contribution in [1.82, 2.24) is 4.98 Å². The van der Waals surface area contributed by atoms with Gasteiger partial charge < -0.3 is 0 Å². The number of hydrogen-bond acceptors (Lipinski definition) is 2. The average molecular weight is 275 g/mol. The van der Waals surface area contributed by atoms with Crippen molar-refractivity contribution in [2.24, 2.45) is 0 Å². The Balaban J connectivity index is 1.99. The van der Waals surface area contributed by atoms with Crippen LogP contribution in [0.2, 0.25) is 0 Å². The number of rotatable bonds is 3. The lowest BCUT2D eigenvalue weighted by atomic mass is 9.95. The van der Waals surface area contributed by atoms with E-state index in [1.54, 1.807) is 6.20 Å². The summed E-state index contributed by atoms with van der Waals surface area (Å²) in [6.07, 6.45) is 2.18. The highest BCUT2D eigenvalue weighted by atomic mass is 16.1. The molecular formula is C19H17NO. The summed E-state index contributed by atoms with van der Waals surface area (Å²) in [5, 5.41) is 1.05. The van der Waals surface area contributed by atoms with Crippen LogP contribution < -0.4 is 0 Å². The van der Waals surface area contributed by atoms with Crippen LogP contribution in [0.1, 0.15) is 27.0 Å². The molecule has 1 aromatic heterocycles. The van der Waals surface area contributed by atoms with Crippen LogP contribution in [0.4, 0.5) is 0 Å². The lowest BCUT2D eigenvalue weighted by Crippen LogP contribution is -2.07. The minimum atomic E-state index is 0.160. The largest absolute Gasteiger partial charge is 0.294 e. The molecular weight excluding hydrogens is 258 g/mol. The van der Waals surface area contributed by atoms with E-state index in [2.05, 4.69) is 4.98 Å². The van der Waals surface area contributed by atoms with Crippen molar-refractivity contribution in [3.8, 4) is 0 Å². The fourth-order valence-electron chi connectivity index (χ4n) is 2.63. The van der Waals surface area contributed by atoms with Crippen LogP contribution in [0, 0.1) is 13.8 Å². The van der Waals surface area contributed by atoms with Crippen molar-refractivity contribution >= 4 is 16.7 Å². The lowest BCUT2D eigenvalue weighted by molar-refractivity contribution is 0.0992. The van der Waals surface area contributed by atoms with Crippen LogP contribution in [-0.4, -0.2) is 10.8 Å². The van der Waals surface area contributed by atoms with Crippen molar-refractivity contribution in [1.29, 1.82) is 0 Å². The molecule has 0 atom stereocenters. The van der Waals surface area contributed by atoms with E-state index in [1.807, 2.05) is 62.4 Å². The topological polar surface area (TPSA) is 30.0 Å². The zero-order valence-electron chi connectivity index (χ0n) is 12.3. The van der Waals surface area contributed by atoms with Crippen molar-refractivity contribution < 1.29 is 4.79 Å². The number of carbonyl (C=O) groups is 1. The summed E-state index contributed by atoms with van der Waals surface area (Å²) in [6.45, 7) is 4.04. The molecule has 3 aromatic rings. The molecule has 0 N–H and O–H groups in total. The number of aromatic nitrogens is 1. The highest BCUT2D eigenvalue weighted by molar-refractivity contribution is 6.01. The number of pyridine rings is 1. The van der Waals surface area contributed by atoms with Crippen molar-refractivity contribution in [3.63, 3.8) is 0 Å². The minimum Gasteiger partial charge on any atom is -0.294 e. The van der Waals surface area contributed by atoms with Crippen LogP contribution in [0.15, 0.2) is 54.7 Å². The summed E-state index contributed by atoms with van der Waals surface area (Å²) in [6, 6.07) is 15.8. The molecule has 2 nitrogen and oxygen atoms in total. The first kappa shape index (κ1) is 13.5. The molecule has 0 saturated carbocycles. The van der Waals surface area contributed by atoms with Crippen LogP contribution >= 0.6 is 0 Å². The Kier molecular flexibility index (Phi) is 3.53. The van der Waals surface area contributed by atoms with E-state index in [9.17, 15) is 4.79 Å². The number of hydrogen-bond donors (Lipinski definition) is 0. The van der Waals surface area contributed by atoms with Crippen LogP contribution in [0.25, 0.3) is 10.9 Å². The quantitative estimate of drug-likeness (QED) is 0.668. The highest BCUT2D eigenvalue weighted by Crippen LogP contribution is 2.20. The number of Topliss-reactive ketones (excluding diaryl/α,β-unsaturated/α-hetero) is 1. The standard InChI is InChI=1S/C19H17NO/c1-13-6-5-8-16(14(13)2)19(21)12-15-10-11-20-18-9-4-3-7-17(15)18/h3-11H,12H2,1-2H3. The summed E-state index contributed by atoms with van der Waals surface area (Å²) in [4.78, 5) is 17.0. The summed E-state index contributed by atoms with van der Waals surface area (Å²) >= 11 is 0. The number of benzene rings is 2. The van der Waals surface area contributed by atoms with Crippen molar-refractivity contribution in [2.45, 2.75) is 20.3 Å². The van der Waals surface area contributed by atoms with Gasteiger partial charge in [0.25, 0.3) is 0 Å². The Morgan fingerprint density at radius 2 is 1.81 bits per heavy atom. The predicted octanol–water partition coefficient (Wildman–Crippen LogP) is 4.28. The van der Waals surface area contributed by atoms with Crippen molar-refractivity contribution in [2.75, 3.05) is 0 Å². The molecule has 0 aliphatic heterocycles. The lowest BCUT2D eigenvalue weighted by Gasteiger charge is -2.09. The van der Waals surface area contributed by atoms with Gasteiger partial charge in [-0.15, -0.1) is 0 Å². The SMILES string of the molecule is Cc1cccc(C(=O)Cc2ccnc3ccccc23)c1C. The van der Waals surface area contributed by atoms with Crippen LogP contribution in [0.5, 0.6) is 0 Å². The number of carbonyl (C=O) groups excluding carboxylic acids is 1. The monoisotopic (exact) mass is 275 g/mol. The Labute approximate surface area is 124 Å². The molecule has 0 spiro atoms. The summed E-state index contributed by atoms with van der Waals surface area (Å²) in [5.74, 6) is 0.160. The van der Waals surface area contributed by atoms with E-state index >= 15 is 0 Å². The molecule has 0 aliphatic rings. The van der Waals surface area contributed by atoms with Gasteiger partial charge >= 0.3 is 0 Å². The summed E-state index contributed by atoms with van der Waals surface area (Å²) < 4.78 is 0. The summed E-state index contributed by atoms with van der Waals surface area (Å²) in [7, 11) is 0. The molecule has 0 fully saturated rings. The van der Waals surface area contributed by atoms with Gasteiger partial charge in [0.1, 0.15) is 0 Å². The van der Waals surface area contributed by atoms with E-state index in [0.717, 1.165) is 33.2 Å². The van der Waals surface area contributed by atoms with E-state index < -0.39 is 0 Å². The Bertz CT molecular complexity index is 815. The van der Waals surface area contributed by atoms with Gasteiger partial charge in [-0.1, -0.05) is 36.4 Å². The minimum absolute atomic E-state index is 0.160. The van der Waals surface area contributed by atoms with Gasteiger partial charge in [0.2, 0.25) is 0 Å². The maximum atomic E-state index is 12.6. The number of nitrogens with zero attached hydrogens (tertiary/aromatic N) is 1. The van der Waals surface area contributed by atoms with E-state index in [1.165, 1.54) is 0 Å². The van der Waals surface area contributed by atoms with Gasteiger partial charge in [-0.2, -0.15) is 0 Å². The molecule has 0 unspecified atom stereocenters. The first-order valence-corrected chi connectivity index (χ1v) is 7.09. The maximum absolute atomic E-state index is 12.6. The van der Waals surface area contributed by atoms with Gasteiger partial charge in [-0.05, 0) is 42.7 Å². The zero-order valence-corrected chi connectivity index (χ0v) is 12.3. The smallest absolute Gasteiger partial charge is 0.167 e. The number of aryl methyl sites for hydroxylation is 1. The fourth-order valence-corrected chi connectivity index (χ4v) is 2.63. The molecule has 0 amide bonds. The third-order valence-electron chi connectivity index (χ3n) is 4.00. The Morgan fingerprint density at radius 1 is 1.00 bits per heavy atom. The molecule has 0 aliphatic carbocycles. The maximum Gasteiger partial charge on any atom is 0.167 e. The number of para-hydroxylation sites is 1. The second-order valence-corrected chi connectivity index (χ2v) is 5.33. The number of ketones is 1. The van der Waals surface area contributed by atoms with Gasteiger partial charge in [0.05, 0.1) is 5.52 Å². The average Bonchev–Trinajstić information content (AvgIpc) is 2.50. The van der Waals surface area contributed by atoms with Gasteiger partial charge in [0.15, 0.2) is 5.78 Å². The van der Waals surface area contributed by atoms with Gasteiger partial charge in [-0.25, -0.2) is 0 Å². The molecule has 1 heterocycles. The molecule has 3 rings (SSSR count). The Morgan fingerprint density at radius 3 is 2.67 bits per heavy atom. The Hall–Kier alpha value is -2.48. The van der Waals surface area contributed by atoms with E-state index in [0.29, 0.717) is 6.42 Å². The van der Waals surface area contributed by atoms with E-state index in [4.69, 9.17) is 0 Å². The van der Waals surface area contributed by atoms with E-state index in [-0.39, 0.29) is 5.78 Å². The molecule has 2 aromatic carbocycles.